The van der Waals surface area contributed by atoms with Crippen LogP contribution in [0, 0.1) is 5.92 Å². The molecule has 1 aromatic carbocycles. The highest BCUT2D eigenvalue weighted by Gasteiger charge is 2.27. The summed E-state index contributed by atoms with van der Waals surface area (Å²) in [6, 6.07) is 6.17. The zero-order valence-electron chi connectivity index (χ0n) is 14.6. The lowest BCUT2D eigenvalue weighted by atomic mass is 10.1. The topological polar surface area (TPSA) is 98.7 Å². The maximum atomic E-state index is 12.7. The van der Waals surface area contributed by atoms with Gasteiger partial charge in [0.25, 0.3) is 5.91 Å². The van der Waals surface area contributed by atoms with Gasteiger partial charge in [0.2, 0.25) is 10.0 Å². The number of aliphatic hydroxyl groups excluding tert-OH is 1. The maximum absolute atomic E-state index is 12.7. The second-order valence-corrected chi connectivity index (χ2v) is 8.63. The van der Waals surface area contributed by atoms with Crippen LogP contribution in [0.4, 0.5) is 0 Å². The first-order chi connectivity index (χ1) is 12.0. The van der Waals surface area contributed by atoms with Crippen molar-refractivity contribution in [3.63, 3.8) is 0 Å². The third-order valence-corrected chi connectivity index (χ3v) is 6.77. The first-order valence-electron chi connectivity index (χ1n) is 8.75. The first-order valence-corrected chi connectivity index (χ1v) is 10.2. The van der Waals surface area contributed by atoms with E-state index in [9.17, 15) is 18.3 Å². The summed E-state index contributed by atoms with van der Waals surface area (Å²) >= 11 is 0. The summed E-state index contributed by atoms with van der Waals surface area (Å²) in [6.45, 7) is 2.61. The Balaban J connectivity index is 0.00000243. The van der Waals surface area contributed by atoms with Crippen molar-refractivity contribution in [3.8, 4) is 0 Å². The molecule has 2 aliphatic rings. The van der Waals surface area contributed by atoms with Crippen molar-refractivity contribution in [1.82, 2.24) is 14.9 Å². The number of sulfonamides is 1. The van der Waals surface area contributed by atoms with Gasteiger partial charge in [-0.3, -0.25) is 4.79 Å². The normalized spacial score (nSPS) is 24.0. The number of carbonyl (C=O) groups excluding carboxylic acids is 1. The quantitative estimate of drug-likeness (QED) is 0.668. The Bertz CT molecular complexity index is 722. The number of carbonyl (C=O) groups is 1. The van der Waals surface area contributed by atoms with Gasteiger partial charge in [0, 0.05) is 44.2 Å². The molecule has 0 aliphatic carbocycles. The molecule has 2 saturated heterocycles. The van der Waals surface area contributed by atoms with Gasteiger partial charge in [0.15, 0.2) is 0 Å². The molecule has 1 amide bonds. The van der Waals surface area contributed by atoms with Crippen molar-refractivity contribution >= 4 is 28.3 Å². The van der Waals surface area contributed by atoms with Crippen LogP contribution >= 0.6 is 12.4 Å². The molecule has 0 radical (unpaired) electrons. The Morgan fingerprint density at radius 1 is 1.23 bits per heavy atom. The number of rotatable bonds is 5. The second kappa shape index (κ2) is 9.14. The van der Waals surface area contributed by atoms with Crippen LogP contribution in [0.2, 0.25) is 0 Å². The third-order valence-electron chi connectivity index (χ3n) is 4.88. The van der Waals surface area contributed by atoms with Gasteiger partial charge in [-0.25, -0.2) is 8.42 Å². The Kier molecular flexibility index (Phi) is 7.42. The Labute approximate surface area is 160 Å². The van der Waals surface area contributed by atoms with Gasteiger partial charge in [-0.05, 0) is 31.0 Å². The summed E-state index contributed by atoms with van der Waals surface area (Å²) in [5.74, 6) is -0.348. The van der Waals surface area contributed by atoms with Gasteiger partial charge in [-0.1, -0.05) is 12.5 Å². The lowest BCUT2D eigenvalue weighted by molar-refractivity contribution is 0.0927. The van der Waals surface area contributed by atoms with Crippen LogP contribution in [0.3, 0.4) is 0 Å². The Hall–Kier alpha value is -1.19. The molecule has 2 aliphatic heterocycles. The minimum absolute atomic E-state index is 0. The monoisotopic (exact) mass is 403 g/mol. The zero-order chi connectivity index (χ0) is 17.9. The van der Waals surface area contributed by atoms with Crippen LogP contribution < -0.4 is 10.6 Å². The highest BCUT2D eigenvalue weighted by molar-refractivity contribution is 7.89. The summed E-state index contributed by atoms with van der Waals surface area (Å²) in [5.41, 5.74) is 0.318. The van der Waals surface area contributed by atoms with Gasteiger partial charge in [-0.2, -0.15) is 4.31 Å². The molecule has 3 N–H and O–H groups in total. The van der Waals surface area contributed by atoms with E-state index >= 15 is 0 Å². The largest absolute Gasteiger partial charge is 0.391 e. The molecule has 2 heterocycles. The summed E-state index contributed by atoms with van der Waals surface area (Å²) in [6.07, 6.45) is 2.33. The fourth-order valence-electron chi connectivity index (χ4n) is 3.31. The molecule has 7 nitrogen and oxygen atoms in total. The van der Waals surface area contributed by atoms with Crippen LogP contribution in [0.5, 0.6) is 0 Å². The molecule has 0 bridgehead atoms. The number of benzene rings is 1. The number of nitrogens with one attached hydrogen (secondary N) is 2. The van der Waals surface area contributed by atoms with Crippen LogP contribution in [-0.2, 0) is 10.0 Å². The number of amides is 1. The van der Waals surface area contributed by atoms with Crippen LogP contribution in [0.25, 0.3) is 0 Å². The molecular weight excluding hydrogens is 378 g/mol. The van der Waals surface area contributed by atoms with E-state index in [1.807, 2.05) is 0 Å². The highest BCUT2D eigenvalue weighted by atomic mass is 35.5. The predicted molar refractivity (Wildman–Crippen MR) is 101 cm³/mol. The molecule has 146 valence electrons. The number of hydrogen-bond donors (Lipinski definition) is 3. The molecule has 9 heteroatoms. The lowest BCUT2D eigenvalue weighted by Gasteiger charge is -2.26. The van der Waals surface area contributed by atoms with E-state index in [0.29, 0.717) is 38.3 Å². The molecule has 2 fully saturated rings. The van der Waals surface area contributed by atoms with Crippen LogP contribution in [0.15, 0.2) is 29.2 Å². The van der Waals surface area contributed by atoms with E-state index < -0.39 is 16.1 Å². The minimum atomic E-state index is -3.55. The lowest BCUT2D eigenvalue weighted by Crippen LogP contribution is -2.36. The fourth-order valence-corrected chi connectivity index (χ4v) is 4.87. The van der Waals surface area contributed by atoms with E-state index in [0.717, 1.165) is 19.3 Å². The van der Waals surface area contributed by atoms with Crippen molar-refractivity contribution in [2.45, 2.75) is 30.3 Å². The highest BCUT2D eigenvalue weighted by Crippen LogP contribution is 2.21. The number of halogens is 1. The summed E-state index contributed by atoms with van der Waals surface area (Å²) in [7, 11) is -3.55. The van der Waals surface area contributed by atoms with E-state index in [1.165, 1.54) is 16.4 Å². The van der Waals surface area contributed by atoms with Gasteiger partial charge in [-0.15, -0.1) is 12.4 Å². The second-order valence-electron chi connectivity index (χ2n) is 6.69. The maximum Gasteiger partial charge on any atom is 0.251 e. The number of piperidine rings is 1. The zero-order valence-corrected chi connectivity index (χ0v) is 16.2. The average Bonchev–Trinajstić information content (AvgIpc) is 3.05. The van der Waals surface area contributed by atoms with Crippen LogP contribution in [-0.4, -0.2) is 62.6 Å². The fraction of sp³-hybridized carbons (Fsp3) is 0.588. The van der Waals surface area contributed by atoms with Crippen LogP contribution in [0.1, 0.15) is 29.6 Å². The van der Waals surface area contributed by atoms with E-state index in [-0.39, 0.29) is 29.1 Å². The van der Waals surface area contributed by atoms with E-state index in [1.54, 1.807) is 12.1 Å². The molecular formula is C17H26ClN3O4S. The van der Waals surface area contributed by atoms with E-state index in [2.05, 4.69) is 10.6 Å². The molecule has 2 atom stereocenters. The summed E-state index contributed by atoms with van der Waals surface area (Å²) in [5, 5.41) is 15.6. The van der Waals surface area contributed by atoms with Crippen molar-refractivity contribution in [2.24, 2.45) is 5.92 Å². The average molecular weight is 404 g/mol. The molecule has 1 aromatic rings. The summed E-state index contributed by atoms with van der Waals surface area (Å²) in [4.78, 5) is 12.5. The number of nitrogens with zero attached hydrogens (tertiary/aromatic N) is 1. The van der Waals surface area contributed by atoms with Gasteiger partial charge >= 0.3 is 0 Å². The third kappa shape index (κ3) is 4.75. The standard InChI is InChI=1S/C17H25N3O4S.ClH/c21-16-12-18-10-14(16)11-19-17(22)13-5-4-6-15(9-13)25(23,24)20-7-2-1-3-8-20;/h4-6,9,14,16,18,21H,1-3,7-8,10-12H2,(H,19,22);1H. The molecule has 2 unspecified atom stereocenters. The molecule has 0 spiro atoms. The Morgan fingerprint density at radius 2 is 1.96 bits per heavy atom. The minimum Gasteiger partial charge on any atom is -0.391 e. The molecule has 26 heavy (non-hydrogen) atoms. The summed E-state index contributed by atoms with van der Waals surface area (Å²) < 4.78 is 26.9. The van der Waals surface area contributed by atoms with E-state index in [4.69, 9.17) is 0 Å². The molecule has 0 aromatic heterocycles. The first kappa shape index (κ1) is 21.1. The van der Waals surface area contributed by atoms with Gasteiger partial charge in [0.05, 0.1) is 11.0 Å². The number of hydrogen-bond acceptors (Lipinski definition) is 5. The number of β-amino-alcohol motifs (C(OH)–C–C–N with tert-alkyl or cyclic N) is 1. The predicted octanol–water partition coefficient (Wildman–Crippen LogP) is 0.593. The van der Waals surface area contributed by atoms with Crippen molar-refractivity contribution < 1.29 is 18.3 Å². The van der Waals surface area contributed by atoms with Crippen molar-refractivity contribution in [1.29, 1.82) is 0 Å². The SMILES string of the molecule is Cl.O=C(NCC1CNCC1O)c1cccc(S(=O)(=O)N2CCCCC2)c1. The Morgan fingerprint density at radius 3 is 2.62 bits per heavy atom. The molecule has 3 rings (SSSR count). The van der Waals surface area contributed by atoms with Crippen molar-refractivity contribution in [3.05, 3.63) is 29.8 Å². The smallest absolute Gasteiger partial charge is 0.251 e. The van der Waals surface area contributed by atoms with Crippen molar-refractivity contribution in [2.75, 3.05) is 32.7 Å². The van der Waals surface area contributed by atoms with Gasteiger partial charge < -0.3 is 15.7 Å². The van der Waals surface area contributed by atoms with Gasteiger partial charge in [0.1, 0.15) is 0 Å². The molecule has 0 saturated carbocycles. The number of aliphatic hydroxyl groups is 1.